The van der Waals surface area contributed by atoms with Crippen LogP contribution in [0.15, 0.2) is 41.8 Å². The average molecular weight is 302 g/mol. The van der Waals surface area contributed by atoms with Gasteiger partial charge in [0.1, 0.15) is 0 Å². The van der Waals surface area contributed by atoms with Gasteiger partial charge in [-0.25, -0.2) is 0 Å². The van der Waals surface area contributed by atoms with Gasteiger partial charge in [0.25, 0.3) is 0 Å². The number of carbonyl (C=O) groups excluding carboxylic acids is 1. The number of thiophene rings is 1. The van der Waals surface area contributed by atoms with E-state index in [1.807, 2.05) is 43.6 Å². The molecule has 1 atom stereocenters. The summed E-state index contributed by atoms with van der Waals surface area (Å²) in [5, 5.41) is 5.02. The number of carbonyl (C=O) groups is 1. The number of nitrogens with one attached hydrogen (secondary N) is 1. The van der Waals surface area contributed by atoms with Crippen LogP contribution in [0.2, 0.25) is 0 Å². The smallest absolute Gasteiger partial charge is 0.237 e. The van der Waals surface area contributed by atoms with Gasteiger partial charge in [-0.1, -0.05) is 30.3 Å². The minimum atomic E-state index is -0.149. The molecule has 0 spiro atoms. The molecule has 1 amide bonds. The molecule has 0 aliphatic carbocycles. The Hall–Kier alpha value is -1.65. The molecule has 1 aromatic heterocycles. The van der Waals surface area contributed by atoms with Gasteiger partial charge in [0.05, 0.1) is 12.6 Å². The first-order valence-corrected chi connectivity index (χ1v) is 8.00. The lowest BCUT2D eigenvalue weighted by Gasteiger charge is -2.24. The van der Waals surface area contributed by atoms with Crippen LogP contribution in [0.1, 0.15) is 22.9 Å². The third-order valence-corrected chi connectivity index (χ3v) is 4.61. The number of hydrogen-bond donors (Lipinski definition) is 1. The second-order valence-electron chi connectivity index (χ2n) is 5.31. The molecule has 0 unspecified atom stereocenters. The summed E-state index contributed by atoms with van der Waals surface area (Å²) in [4.78, 5) is 15.5. The van der Waals surface area contributed by atoms with Crippen molar-refractivity contribution >= 4 is 17.2 Å². The van der Waals surface area contributed by atoms with E-state index < -0.39 is 0 Å². The fraction of sp³-hybridized carbons (Fsp3) is 0.353. The van der Waals surface area contributed by atoms with Crippen molar-refractivity contribution < 1.29 is 4.79 Å². The van der Waals surface area contributed by atoms with E-state index in [4.69, 9.17) is 0 Å². The molecule has 3 nitrogen and oxygen atoms in total. The number of aryl methyl sites for hydroxylation is 1. The lowest BCUT2D eigenvalue weighted by Crippen LogP contribution is -2.42. The molecular formula is C17H22N2OS. The Balaban J connectivity index is 1.88. The van der Waals surface area contributed by atoms with E-state index in [0.29, 0.717) is 6.54 Å². The Morgan fingerprint density at radius 2 is 2.05 bits per heavy atom. The van der Waals surface area contributed by atoms with Gasteiger partial charge in [-0.15, -0.1) is 11.3 Å². The Labute approximate surface area is 130 Å². The molecular weight excluding hydrogens is 280 g/mol. The van der Waals surface area contributed by atoms with Crippen LogP contribution in [-0.4, -0.2) is 23.9 Å². The highest BCUT2D eigenvalue weighted by Crippen LogP contribution is 2.12. The molecule has 0 fully saturated rings. The number of nitrogens with zero attached hydrogens (tertiary/aromatic N) is 1. The monoisotopic (exact) mass is 302 g/mol. The summed E-state index contributed by atoms with van der Waals surface area (Å²) >= 11 is 1.66. The molecule has 112 valence electrons. The Kier molecular flexibility index (Phi) is 5.53. The van der Waals surface area contributed by atoms with Crippen LogP contribution in [0.4, 0.5) is 0 Å². The molecule has 0 aliphatic rings. The van der Waals surface area contributed by atoms with Crippen LogP contribution in [0.5, 0.6) is 0 Å². The zero-order valence-corrected chi connectivity index (χ0v) is 13.6. The summed E-state index contributed by atoms with van der Waals surface area (Å²) in [6.07, 6.45) is 0. The number of amides is 1. The zero-order valence-electron chi connectivity index (χ0n) is 12.8. The van der Waals surface area contributed by atoms with Crippen LogP contribution in [0.3, 0.4) is 0 Å². The van der Waals surface area contributed by atoms with Gasteiger partial charge in [-0.05, 0) is 43.5 Å². The minimum Gasteiger partial charge on any atom is -0.350 e. The summed E-state index contributed by atoms with van der Waals surface area (Å²) in [6, 6.07) is 12.2. The van der Waals surface area contributed by atoms with Crippen molar-refractivity contribution in [1.29, 1.82) is 0 Å². The maximum Gasteiger partial charge on any atom is 0.237 e. The van der Waals surface area contributed by atoms with Crippen molar-refractivity contribution in [3.8, 4) is 0 Å². The summed E-state index contributed by atoms with van der Waals surface area (Å²) in [5.41, 5.74) is 2.52. The number of likely N-dealkylation sites (N-methyl/N-ethyl adjacent to an activating group) is 1. The summed E-state index contributed by atoms with van der Waals surface area (Å²) in [7, 11) is 1.99. The van der Waals surface area contributed by atoms with Gasteiger partial charge < -0.3 is 5.32 Å². The van der Waals surface area contributed by atoms with Crippen LogP contribution >= 0.6 is 11.3 Å². The molecule has 21 heavy (non-hydrogen) atoms. The second-order valence-corrected chi connectivity index (χ2v) is 6.35. The Morgan fingerprint density at radius 1 is 1.29 bits per heavy atom. The zero-order chi connectivity index (χ0) is 15.2. The summed E-state index contributed by atoms with van der Waals surface area (Å²) in [5.74, 6) is 0.0690. The molecule has 2 aromatic rings. The molecule has 0 saturated heterocycles. The molecule has 0 aliphatic heterocycles. The summed E-state index contributed by atoms with van der Waals surface area (Å²) in [6.45, 7) is 5.44. The second kappa shape index (κ2) is 7.38. The molecule has 0 saturated carbocycles. The van der Waals surface area contributed by atoms with Crippen molar-refractivity contribution in [1.82, 2.24) is 10.2 Å². The maximum atomic E-state index is 12.2. The normalized spacial score (nSPS) is 12.4. The SMILES string of the molecule is Cc1ccccc1CN(C)[C@@H](C)C(=O)NCc1cccs1. The molecule has 1 N–H and O–H groups in total. The van der Waals surface area contributed by atoms with Gasteiger partial charge in [0, 0.05) is 11.4 Å². The van der Waals surface area contributed by atoms with Crippen molar-refractivity contribution in [3.63, 3.8) is 0 Å². The molecule has 4 heteroatoms. The van der Waals surface area contributed by atoms with Crippen LogP contribution in [-0.2, 0) is 17.9 Å². The van der Waals surface area contributed by atoms with Gasteiger partial charge in [0.15, 0.2) is 0 Å². The molecule has 2 rings (SSSR count). The number of hydrogen-bond acceptors (Lipinski definition) is 3. The van der Waals surface area contributed by atoms with Crippen molar-refractivity contribution in [2.45, 2.75) is 33.0 Å². The average Bonchev–Trinajstić information content (AvgIpc) is 2.99. The third kappa shape index (κ3) is 4.41. The van der Waals surface area contributed by atoms with Gasteiger partial charge in [-0.3, -0.25) is 9.69 Å². The Morgan fingerprint density at radius 3 is 2.71 bits per heavy atom. The lowest BCUT2D eigenvalue weighted by atomic mass is 10.1. The first kappa shape index (κ1) is 15.7. The van der Waals surface area contributed by atoms with Crippen molar-refractivity contribution in [3.05, 3.63) is 57.8 Å². The van der Waals surface area contributed by atoms with E-state index in [1.165, 1.54) is 16.0 Å². The standard InChI is InChI=1S/C17H22N2OS/c1-13-7-4-5-8-15(13)12-19(3)14(2)17(20)18-11-16-9-6-10-21-16/h4-10,14H,11-12H2,1-3H3,(H,18,20)/t14-/m0/s1. The van der Waals surface area contributed by atoms with E-state index in [2.05, 4.69) is 29.3 Å². The molecule has 0 bridgehead atoms. The van der Waals surface area contributed by atoms with E-state index in [9.17, 15) is 4.79 Å². The van der Waals surface area contributed by atoms with Crippen LogP contribution < -0.4 is 5.32 Å². The first-order valence-electron chi connectivity index (χ1n) is 7.12. The largest absolute Gasteiger partial charge is 0.350 e. The fourth-order valence-electron chi connectivity index (χ4n) is 2.13. The molecule has 1 heterocycles. The van der Waals surface area contributed by atoms with E-state index >= 15 is 0 Å². The third-order valence-electron chi connectivity index (χ3n) is 3.74. The summed E-state index contributed by atoms with van der Waals surface area (Å²) < 4.78 is 0. The van der Waals surface area contributed by atoms with Gasteiger partial charge in [-0.2, -0.15) is 0 Å². The number of rotatable bonds is 6. The van der Waals surface area contributed by atoms with Crippen molar-refractivity contribution in [2.75, 3.05) is 7.05 Å². The predicted octanol–water partition coefficient (Wildman–Crippen LogP) is 3.19. The quantitative estimate of drug-likeness (QED) is 0.889. The van der Waals surface area contributed by atoms with Crippen LogP contribution in [0.25, 0.3) is 0 Å². The topological polar surface area (TPSA) is 32.3 Å². The highest BCUT2D eigenvalue weighted by Gasteiger charge is 2.18. The van der Waals surface area contributed by atoms with Gasteiger partial charge in [0.2, 0.25) is 5.91 Å². The van der Waals surface area contributed by atoms with Crippen molar-refractivity contribution in [2.24, 2.45) is 0 Å². The molecule has 1 aromatic carbocycles. The maximum absolute atomic E-state index is 12.2. The first-order chi connectivity index (χ1) is 10.1. The number of benzene rings is 1. The Bertz CT molecular complexity index is 580. The van der Waals surface area contributed by atoms with Gasteiger partial charge >= 0.3 is 0 Å². The minimum absolute atomic E-state index is 0.0690. The predicted molar refractivity (Wildman–Crippen MR) is 88.3 cm³/mol. The fourth-order valence-corrected chi connectivity index (χ4v) is 2.77. The lowest BCUT2D eigenvalue weighted by molar-refractivity contribution is -0.125. The van der Waals surface area contributed by atoms with E-state index in [-0.39, 0.29) is 11.9 Å². The van der Waals surface area contributed by atoms with E-state index in [1.54, 1.807) is 11.3 Å². The van der Waals surface area contributed by atoms with E-state index in [0.717, 1.165) is 6.54 Å². The highest BCUT2D eigenvalue weighted by atomic mass is 32.1. The molecule has 0 radical (unpaired) electrons. The highest BCUT2D eigenvalue weighted by molar-refractivity contribution is 7.09. The van der Waals surface area contributed by atoms with Crippen LogP contribution in [0, 0.1) is 6.92 Å².